The summed E-state index contributed by atoms with van der Waals surface area (Å²) >= 11 is 0. The molecule has 1 N–H and O–H groups in total. The number of carbonyl (C=O) groups is 1. The molecule has 1 aliphatic rings. The fraction of sp³-hybridized carbons (Fsp3) is 0.176. The van der Waals surface area contributed by atoms with Crippen molar-refractivity contribution in [2.45, 2.75) is 13.8 Å². The lowest BCUT2D eigenvalue weighted by Gasteiger charge is -2.05. The number of ether oxygens (including phenoxy) is 2. The molecule has 0 fully saturated rings. The van der Waals surface area contributed by atoms with E-state index in [1.165, 1.54) is 18.2 Å². The fourth-order valence-electron chi connectivity index (χ4n) is 2.39. The normalized spacial score (nSPS) is 12.8. The first kappa shape index (κ1) is 16.4. The number of amides is 1. The quantitative estimate of drug-likeness (QED) is 0.523. The summed E-state index contributed by atoms with van der Waals surface area (Å²) in [5.41, 5.74) is 4.49. The highest BCUT2D eigenvalue weighted by Gasteiger charge is 2.15. The first-order valence-electron chi connectivity index (χ1n) is 7.45. The molecule has 0 saturated heterocycles. The van der Waals surface area contributed by atoms with E-state index in [0.717, 1.165) is 5.56 Å². The molecular formula is C17H15N3O5. The van der Waals surface area contributed by atoms with Crippen LogP contribution in [-0.2, 0) is 0 Å². The summed E-state index contributed by atoms with van der Waals surface area (Å²) in [6.07, 6.45) is 0. The Morgan fingerprint density at radius 3 is 2.60 bits per heavy atom. The van der Waals surface area contributed by atoms with Gasteiger partial charge in [-0.3, -0.25) is 14.9 Å². The number of benzene rings is 2. The van der Waals surface area contributed by atoms with Gasteiger partial charge in [-0.1, -0.05) is 0 Å². The van der Waals surface area contributed by atoms with Gasteiger partial charge in [-0.2, -0.15) is 5.10 Å². The van der Waals surface area contributed by atoms with Crippen LogP contribution in [0.1, 0.15) is 28.4 Å². The molecule has 0 bridgehead atoms. The minimum atomic E-state index is -0.487. The van der Waals surface area contributed by atoms with Gasteiger partial charge in [0, 0.05) is 22.8 Å². The minimum Gasteiger partial charge on any atom is -0.454 e. The molecule has 0 aromatic heterocycles. The Hall–Kier alpha value is -3.42. The van der Waals surface area contributed by atoms with Gasteiger partial charge in [0.25, 0.3) is 11.6 Å². The number of nitrogens with one attached hydrogen (secondary N) is 1. The van der Waals surface area contributed by atoms with Gasteiger partial charge < -0.3 is 9.47 Å². The van der Waals surface area contributed by atoms with Crippen molar-refractivity contribution < 1.29 is 19.2 Å². The SMILES string of the molecule is C/C(=N\NC(=O)c1ccc([N+](=O)[O-])c(C)c1)c1ccc2c(c1)OCO2. The molecule has 8 nitrogen and oxygen atoms in total. The van der Waals surface area contributed by atoms with Crippen LogP contribution in [0.5, 0.6) is 11.5 Å². The predicted octanol–water partition coefficient (Wildman–Crippen LogP) is 2.79. The zero-order valence-corrected chi connectivity index (χ0v) is 13.6. The molecule has 25 heavy (non-hydrogen) atoms. The molecule has 0 unspecified atom stereocenters. The summed E-state index contributed by atoms with van der Waals surface area (Å²) in [7, 11) is 0. The van der Waals surface area contributed by atoms with Crippen molar-refractivity contribution in [3.05, 3.63) is 63.2 Å². The Morgan fingerprint density at radius 1 is 1.16 bits per heavy atom. The zero-order chi connectivity index (χ0) is 18.0. The summed E-state index contributed by atoms with van der Waals surface area (Å²) in [5.74, 6) is 0.851. The highest BCUT2D eigenvalue weighted by Crippen LogP contribution is 2.32. The molecule has 0 atom stereocenters. The molecule has 128 valence electrons. The van der Waals surface area contributed by atoms with Crippen molar-refractivity contribution in [1.82, 2.24) is 5.43 Å². The lowest BCUT2D eigenvalue weighted by molar-refractivity contribution is -0.385. The first-order chi connectivity index (χ1) is 12.0. The van der Waals surface area contributed by atoms with Crippen molar-refractivity contribution in [1.29, 1.82) is 0 Å². The first-order valence-corrected chi connectivity index (χ1v) is 7.45. The number of nitro groups is 1. The van der Waals surface area contributed by atoms with Gasteiger partial charge >= 0.3 is 0 Å². The molecule has 8 heteroatoms. The average molecular weight is 341 g/mol. The highest BCUT2D eigenvalue weighted by atomic mass is 16.7. The summed E-state index contributed by atoms with van der Waals surface area (Å²) in [6.45, 7) is 3.51. The number of aryl methyl sites for hydroxylation is 1. The van der Waals surface area contributed by atoms with Crippen molar-refractivity contribution >= 4 is 17.3 Å². The van der Waals surface area contributed by atoms with Gasteiger partial charge in [0.15, 0.2) is 11.5 Å². The molecule has 0 spiro atoms. The Bertz CT molecular complexity index is 892. The van der Waals surface area contributed by atoms with Gasteiger partial charge in [0.2, 0.25) is 6.79 Å². The van der Waals surface area contributed by atoms with Crippen molar-refractivity contribution in [3.8, 4) is 11.5 Å². The largest absolute Gasteiger partial charge is 0.454 e. The van der Waals surface area contributed by atoms with E-state index in [0.29, 0.717) is 28.3 Å². The Kier molecular flexibility index (Phi) is 4.34. The smallest absolute Gasteiger partial charge is 0.272 e. The number of carbonyl (C=O) groups excluding carboxylic acids is 1. The molecule has 2 aromatic rings. The third-order valence-corrected chi connectivity index (χ3v) is 3.77. The Morgan fingerprint density at radius 2 is 1.88 bits per heavy atom. The molecule has 0 saturated carbocycles. The van der Waals surface area contributed by atoms with Gasteiger partial charge in [0.1, 0.15) is 0 Å². The van der Waals surface area contributed by atoms with E-state index in [4.69, 9.17) is 9.47 Å². The zero-order valence-electron chi connectivity index (χ0n) is 13.6. The summed E-state index contributed by atoms with van der Waals surface area (Å²) in [5, 5.41) is 14.9. The maximum absolute atomic E-state index is 12.2. The van der Waals surface area contributed by atoms with Crippen LogP contribution in [-0.4, -0.2) is 23.3 Å². The minimum absolute atomic E-state index is 0.0309. The van der Waals surface area contributed by atoms with E-state index in [9.17, 15) is 14.9 Å². The standard InChI is InChI=1S/C17H15N3O5/c1-10-7-13(3-5-14(10)20(22)23)17(21)19-18-11(2)12-4-6-15-16(8-12)25-9-24-15/h3-8H,9H2,1-2H3,(H,19,21)/b18-11+. The number of nitro benzene ring substituents is 1. The lowest BCUT2D eigenvalue weighted by Crippen LogP contribution is -2.19. The van der Waals surface area contributed by atoms with Gasteiger partial charge in [-0.25, -0.2) is 5.43 Å². The fourth-order valence-corrected chi connectivity index (χ4v) is 2.39. The second-order valence-electron chi connectivity index (χ2n) is 5.46. The molecular weight excluding hydrogens is 326 g/mol. The average Bonchev–Trinajstić information content (AvgIpc) is 3.06. The molecule has 3 rings (SSSR count). The molecule has 0 aliphatic carbocycles. The number of nitrogens with zero attached hydrogens (tertiary/aromatic N) is 2. The second kappa shape index (κ2) is 6.60. The van der Waals surface area contributed by atoms with Crippen LogP contribution in [0.2, 0.25) is 0 Å². The van der Waals surface area contributed by atoms with Crippen LogP contribution in [0, 0.1) is 17.0 Å². The third kappa shape index (κ3) is 3.42. The van der Waals surface area contributed by atoms with E-state index < -0.39 is 10.8 Å². The second-order valence-corrected chi connectivity index (χ2v) is 5.46. The lowest BCUT2D eigenvalue weighted by atomic mass is 10.1. The molecule has 0 radical (unpaired) electrons. The van der Waals surface area contributed by atoms with Gasteiger partial charge in [-0.05, 0) is 44.2 Å². The summed E-state index contributed by atoms with van der Waals surface area (Å²) < 4.78 is 10.6. The van der Waals surface area contributed by atoms with Crippen molar-refractivity contribution in [3.63, 3.8) is 0 Å². The van der Waals surface area contributed by atoms with Crippen molar-refractivity contribution in [2.24, 2.45) is 5.10 Å². The molecule has 1 aliphatic heterocycles. The summed E-state index contributed by atoms with van der Waals surface area (Å²) in [6, 6.07) is 9.53. The van der Waals surface area contributed by atoms with Crippen LogP contribution in [0.3, 0.4) is 0 Å². The summed E-state index contributed by atoms with van der Waals surface area (Å²) in [4.78, 5) is 22.5. The topological polar surface area (TPSA) is 103 Å². The van der Waals surface area contributed by atoms with E-state index >= 15 is 0 Å². The van der Waals surface area contributed by atoms with Crippen LogP contribution >= 0.6 is 0 Å². The maximum atomic E-state index is 12.2. The van der Waals surface area contributed by atoms with Crippen LogP contribution < -0.4 is 14.9 Å². The van der Waals surface area contributed by atoms with E-state index in [-0.39, 0.29) is 12.5 Å². The van der Waals surface area contributed by atoms with Gasteiger partial charge in [0.05, 0.1) is 10.6 Å². The monoisotopic (exact) mass is 341 g/mol. The molecule has 2 aromatic carbocycles. The predicted molar refractivity (Wildman–Crippen MR) is 90.1 cm³/mol. The number of hydrogen-bond donors (Lipinski definition) is 1. The number of hydrogen-bond acceptors (Lipinski definition) is 6. The van der Waals surface area contributed by atoms with E-state index in [2.05, 4.69) is 10.5 Å². The van der Waals surface area contributed by atoms with Crippen LogP contribution in [0.15, 0.2) is 41.5 Å². The van der Waals surface area contributed by atoms with E-state index in [1.54, 1.807) is 26.0 Å². The number of fused-ring (bicyclic) bond motifs is 1. The number of hydrazone groups is 1. The van der Waals surface area contributed by atoms with Crippen molar-refractivity contribution in [2.75, 3.05) is 6.79 Å². The Labute approximate surface area is 143 Å². The Balaban J connectivity index is 1.73. The van der Waals surface area contributed by atoms with Crippen LogP contribution in [0.4, 0.5) is 5.69 Å². The van der Waals surface area contributed by atoms with E-state index in [1.807, 2.05) is 6.07 Å². The van der Waals surface area contributed by atoms with Gasteiger partial charge in [-0.15, -0.1) is 0 Å². The third-order valence-electron chi connectivity index (χ3n) is 3.77. The highest BCUT2D eigenvalue weighted by molar-refractivity contribution is 6.01. The van der Waals surface area contributed by atoms with Crippen LogP contribution in [0.25, 0.3) is 0 Å². The number of rotatable bonds is 4. The molecule has 1 amide bonds. The molecule has 1 heterocycles. The maximum Gasteiger partial charge on any atom is 0.272 e.